The van der Waals surface area contributed by atoms with E-state index < -0.39 is 0 Å². The topological polar surface area (TPSA) is 38.3 Å². The van der Waals surface area contributed by atoms with Gasteiger partial charge in [0.05, 0.1) is 13.0 Å². The predicted molar refractivity (Wildman–Crippen MR) is 86.4 cm³/mol. The molecule has 5 heteroatoms. The molecule has 0 radical (unpaired) electrons. The molecule has 0 saturated heterocycles. The molecule has 3 nitrogen and oxygen atoms in total. The summed E-state index contributed by atoms with van der Waals surface area (Å²) in [5, 5.41) is 4.13. The molecule has 0 heterocycles. The maximum absolute atomic E-state index is 11.8. The maximum Gasteiger partial charge on any atom is 0.227 e. The van der Waals surface area contributed by atoms with Crippen LogP contribution in [-0.2, 0) is 4.79 Å². The molecule has 0 bridgehead atoms. The van der Waals surface area contributed by atoms with Crippen LogP contribution in [0.2, 0.25) is 10.0 Å². The van der Waals surface area contributed by atoms with Crippen molar-refractivity contribution in [2.45, 2.75) is 13.3 Å². The fraction of sp³-hybridized carbons (Fsp3) is 0.188. The fourth-order valence-electron chi connectivity index (χ4n) is 1.77. The Morgan fingerprint density at radius 3 is 2.43 bits per heavy atom. The molecule has 2 aromatic carbocycles. The second kappa shape index (κ2) is 7.34. The number of benzene rings is 2. The van der Waals surface area contributed by atoms with Gasteiger partial charge in [-0.15, -0.1) is 0 Å². The number of rotatable bonds is 5. The summed E-state index contributed by atoms with van der Waals surface area (Å²) in [6, 6.07) is 12.4. The highest BCUT2D eigenvalue weighted by molar-refractivity contribution is 6.31. The summed E-state index contributed by atoms with van der Waals surface area (Å²) >= 11 is 11.7. The number of hydrogen-bond donors (Lipinski definition) is 1. The van der Waals surface area contributed by atoms with Gasteiger partial charge in [-0.2, -0.15) is 0 Å². The summed E-state index contributed by atoms with van der Waals surface area (Å²) in [5.41, 5.74) is 1.69. The highest BCUT2D eigenvalue weighted by atomic mass is 35.5. The maximum atomic E-state index is 11.8. The Kier molecular flexibility index (Phi) is 5.48. The smallest absolute Gasteiger partial charge is 0.227 e. The minimum absolute atomic E-state index is 0.102. The van der Waals surface area contributed by atoms with Gasteiger partial charge in [0.1, 0.15) is 5.75 Å². The van der Waals surface area contributed by atoms with Crippen LogP contribution in [0.25, 0.3) is 0 Å². The van der Waals surface area contributed by atoms with Gasteiger partial charge in [0.2, 0.25) is 5.91 Å². The molecule has 0 aromatic heterocycles. The number of aryl methyl sites for hydroxylation is 1. The molecule has 0 atom stereocenters. The summed E-state index contributed by atoms with van der Waals surface area (Å²) in [4.78, 5) is 11.8. The Bertz CT molecular complexity index is 627. The second-order valence-corrected chi connectivity index (χ2v) is 5.43. The first-order valence-electron chi connectivity index (χ1n) is 6.49. The van der Waals surface area contributed by atoms with Crippen molar-refractivity contribution >= 4 is 34.8 Å². The van der Waals surface area contributed by atoms with E-state index in [1.165, 1.54) is 0 Å². The van der Waals surface area contributed by atoms with Gasteiger partial charge in [-0.25, -0.2) is 0 Å². The molecule has 0 saturated carbocycles. The van der Waals surface area contributed by atoms with Gasteiger partial charge in [-0.05, 0) is 55.0 Å². The highest BCUT2D eigenvalue weighted by Gasteiger charge is 2.05. The van der Waals surface area contributed by atoms with Crippen molar-refractivity contribution in [3.05, 3.63) is 58.1 Å². The van der Waals surface area contributed by atoms with Crippen molar-refractivity contribution in [1.29, 1.82) is 0 Å². The SMILES string of the molecule is Cc1cc(Cl)ccc1NC(=O)CCOc1ccc(Cl)cc1. The molecule has 110 valence electrons. The highest BCUT2D eigenvalue weighted by Crippen LogP contribution is 2.20. The first-order valence-corrected chi connectivity index (χ1v) is 7.24. The summed E-state index contributed by atoms with van der Waals surface area (Å²) in [5.74, 6) is 0.587. The van der Waals surface area contributed by atoms with Gasteiger partial charge in [0.15, 0.2) is 0 Å². The van der Waals surface area contributed by atoms with Gasteiger partial charge >= 0.3 is 0 Å². The lowest BCUT2D eigenvalue weighted by Gasteiger charge is -2.09. The molecule has 1 N–H and O–H groups in total. The normalized spacial score (nSPS) is 10.2. The molecular formula is C16H15Cl2NO2. The Hall–Kier alpha value is -1.71. The second-order valence-electron chi connectivity index (χ2n) is 4.56. The lowest BCUT2D eigenvalue weighted by molar-refractivity contribution is -0.116. The van der Waals surface area contributed by atoms with Crippen molar-refractivity contribution in [3.63, 3.8) is 0 Å². The van der Waals surface area contributed by atoms with Crippen LogP contribution in [0.1, 0.15) is 12.0 Å². The zero-order valence-corrected chi connectivity index (χ0v) is 13.0. The van der Waals surface area contributed by atoms with E-state index in [4.69, 9.17) is 27.9 Å². The first-order chi connectivity index (χ1) is 10.0. The van der Waals surface area contributed by atoms with E-state index in [-0.39, 0.29) is 12.3 Å². The van der Waals surface area contributed by atoms with Gasteiger partial charge in [0.25, 0.3) is 0 Å². The minimum Gasteiger partial charge on any atom is -0.493 e. The van der Waals surface area contributed by atoms with E-state index >= 15 is 0 Å². The monoisotopic (exact) mass is 323 g/mol. The average Bonchev–Trinajstić information content (AvgIpc) is 2.44. The number of carbonyl (C=O) groups is 1. The van der Waals surface area contributed by atoms with Gasteiger partial charge < -0.3 is 10.1 Å². The summed E-state index contributed by atoms with van der Waals surface area (Å²) in [6.45, 7) is 2.20. The van der Waals surface area contributed by atoms with Crippen LogP contribution in [-0.4, -0.2) is 12.5 Å². The Morgan fingerprint density at radius 2 is 1.76 bits per heavy atom. The summed E-state index contributed by atoms with van der Waals surface area (Å²) in [6.07, 6.45) is 0.269. The third-order valence-electron chi connectivity index (χ3n) is 2.87. The Labute approximate surface area is 133 Å². The van der Waals surface area contributed by atoms with E-state index in [0.29, 0.717) is 22.4 Å². The molecule has 2 rings (SSSR count). The number of nitrogens with one attached hydrogen (secondary N) is 1. The van der Waals surface area contributed by atoms with Gasteiger partial charge in [-0.1, -0.05) is 23.2 Å². The van der Waals surface area contributed by atoms with Crippen LogP contribution in [0.15, 0.2) is 42.5 Å². The molecule has 1 amide bonds. The Balaban J connectivity index is 1.81. The molecule has 0 aliphatic carbocycles. The lowest BCUT2D eigenvalue weighted by Crippen LogP contribution is -2.15. The van der Waals surface area contributed by atoms with Gasteiger partial charge in [0, 0.05) is 15.7 Å². The zero-order valence-electron chi connectivity index (χ0n) is 11.5. The van der Waals surface area contributed by atoms with Crippen LogP contribution < -0.4 is 10.1 Å². The lowest BCUT2D eigenvalue weighted by atomic mass is 10.2. The van der Waals surface area contributed by atoms with Crippen LogP contribution in [0, 0.1) is 6.92 Å². The van der Waals surface area contributed by atoms with E-state index in [1.54, 1.807) is 42.5 Å². The van der Waals surface area contributed by atoms with Crippen molar-refractivity contribution in [2.75, 3.05) is 11.9 Å². The van der Waals surface area contributed by atoms with E-state index in [9.17, 15) is 4.79 Å². The van der Waals surface area contributed by atoms with Crippen LogP contribution >= 0.6 is 23.2 Å². The molecule has 0 aliphatic rings. The van der Waals surface area contributed by atoms with Crippen molar-refractivity contribution in [3.8, 4) is 5.75 Å². The third kappa shape index (κ3) is 4.96. The average molecular weight is 324 g/mol. The van der Waals surface area contributed by atoms with Crippen molar-refractivity contribution in [2.24, 2.45) is 0 Å². The molecule has 0 spiro atoms. The zero-order chi connectivity index (χ0) is 15.2. The third-order valence-corrected chi connectivity index (χ3v) is 3.36. The number of hydrogen-bond acceptors (Lipinski definition) is 2. The molecule has 0 fully saturated rings. The predicted octanol–water partition coefficient (Wildman–Crippen LogP) is 4.71. The van der Waals surface area contributed by atoms with Crippen LogP contribution in [0.4, 0.5) is 5.69 Å². The fourth-order valence-corrected chi connectivity index (χ4v) is 2.13. The number of anilines is 1. The number of halogens is 2. The summed E-state index contributed by atoms with van der Waals surface area (Å²) < 4.78 is 5.48. The molecule has 0 unspecified atom stereocenters. The molecule has 21 heavy (non-hydrogen) atoms. The molecule has 2 aromatic rings. The molecular weight excluding hydrogens is 309 g/mol. The number of amides is 1. The standard InChI is InChI=1S/C16H15Cl2NO2/c1-11-10-13(18)4-7-15(11)19-16(20)8-9-21-14-5-2-12(17)3-6-14/h2-7,10H,8-9H2,1H3,(H,19,20). The quantitative estimate of drug-likeness (QED) is 0.865. The van der Waals surface area contributed by atoms with E-state index in [0.717, 1.165) is 11.3 Å². The summed E-state index contributed by atoms with van der Waals surface area (Å²) in [7, 11) is 0. The minimum atomic E-state index is -0.102. The number of carbonyl (C=O) groups excluding carboxylic acids is 1. The van der Waals surface area contributed by atoms with Crippen molar-refractivity contribution in [1.82, 2.24) is 0 Å². The van der Waals surface area contributed by atoms with Crippen LogP contribution in [0.5, 0.6) is 5.75 Å². The number of ether oxygens (including phenoxy) is 1. The van der Waals surface area contributed by atoms with Gasteiger partial charge in [-0.3, -0.25) is 4.79 Å². The van der Waals surface area contributed by atoms with Crippen LogP contribution in [0.3, 0.4) is 0 Å². The van der Waals surface area contributed by atoms with E-state index in [1.807, 2.05) is 6.92 Å². The molecule has 0 aliphatic heterocycles. The van der Waals surface area contributed by atoms with E-state index in [2.05, 4.69) is 5.32 Å². The Morgan fingerprint density at radius 1 is 1.10 bits per heavy atom. The first kappa shape index (κ1) is 15.7. The van der Waals surface area contributed by atoms with Crippen molar-refractivity contribution < 1.29 is 9.53 Å². The largest absolute Gasteiger partial charge is 0.493 e.